The third-order valence-corrected chi connectivity index (χ3v) is 1.33. The first kappa shape index (κ1) is 10.2. The second kappa shape index (κ2) is 5.97. The van der Waals surface area contributed by atoms with Gasteiger partial charge in [-0.05, 0) is 6.42 Å². The van der Waals surface area contributed by atoms with Crippen molar-refractivity contribution in [2.75, 3.05) is 26.7 Å². The number of nitrogens with zero attached hydrogens (tertiary/aromatic N) is 1. The van der Waals surface area contributed by atoms with E-state index in [-0.39, 0.29) is 6.09 Å². The summed E-state index contributed by atoms with van der Waals surface area (Å²) in [6, 6.07) is 0. The first-order valence-electron chi connectivity index (χ1n) is 3.79. The molecule has 0 aliphatic rings. The molecule has 0 atom stereocenters. The van der Waals surface area contributed by atoms with Crippen LogP contribution in [0.15, 0.2) is 0 Å². The molecule has 2 N–H and O–H groups in total. The largest absolute Gasteiger partial charge is 0.453 e. The summed E-state index contributed by atoms with van der Waals surface area (Å²) < 4.78 is 4.55. The van der Waals surface area contributed by atoms with Gasteiger partial charge in [-0.3, -0.25) is 0 Å². The molecule has 0 heterocycles. The van der Waals surface area contributed by atoms with Crippen molar-refractivity contribution in [2.24, 2.45) is 5.73 Å². The molecule has 0 spiro atoms. The Kier molecular flexibility index (Phi) is 5.56. The summed E-state index contributed by atoms with van der Waals surface area (Å²) in [5.74, 6) is 0. The molecule has 0 radical (unpaired) electrons. The third-order valence-electron chi connectivity index (χ3n) is 1.33. The van der Waals surface area contributed by atoms with Crippen molar-refractivity contribution in [1.29, 1.82) is 0 Å². The van der Waals surface area contributed by atoms with Gasteiger partial charge in [-0.2, -0.15) is 0 Å². The molecule has 0 aliphatic heterocycles. The van der Waals surface area contributed by atoms with Crippen molar-refractivity contribution < 1.29 is 9.53 Å². The van der Waals surface area contributed by atoms with E-state index in [0.717, 1.165) is 6.42 Å². The van der Waals surface area contributed by atoms with Crippen molar-refractivity contribution in [1.82, 2.24) is 4.90 Å². The summed E-state index contributed by atoms with van der Waals surface area (Å²) >= 11 is 0. The van der Waals surface area contributed by atoms with E-state index in [1.54, 1.807) is 4.90 Å². The quantitative estimate of drug-likeness (QED) is 0.648. The Balaban J connectivity index is 3.76. The molecule has 4 heteroatoms. The predicted octanol–water partition coefficient (Wildman–Crippen LogP) is 0.424. The van der Waals surface area contributed by atoms with Gasteiger partial charge in [0.1, 0.15) is 0 Å². The van der Waals surface area contributed by atoms with Crippen LogP contribution in [0.3, 0.4) is 0 Å². The zero-order valence-corrected chi connectivity index (χ0v) is 7.17. The summed E-state index contributed by atoms with van der Waals surface area (Å²) in [7, 11) is 1.38. The number of hydrogen-bond donors (Lipinski definition) is 1. The number of carbonyl (C=O) groups is 1. The van der Waals surface area contributed by atoms with Crippen molar-refractivity contribution >= 4 is 6.09 Å². The number of carbonyl (C=O) groups excluding carboxylic acids is 1. The van der Waals surface area contributed by atoms with Crippen LogP contribution in [-0.2, 0) is 4.74 Å². The summed E-state index contributed by atoms with van der Waals surface area (Å²) in [6.07, 6.45) is 0.632. The van der Waals surface area contributed by atoms with Crippen LogP contribution < -0.4 is 5.73 Å². The van der Waals surface area contributed by atoms with Crippen molar-refractivity contribution in [2.45, 2.75) is 13.3 Å². The number of hydrogen-bond acceptors (Lipinski definition) is 3. The molecule has 11 heavy (non-hydrogen) atoms. The molecule has 0 unspecified atom stereocenters. The smallest absolute Gasteiger partial charge is 0.409 e. The zero-order valence-electron chi connectivity index (χ0n) is 7.17. The van der Waals surface area contributed by atoms with Crippen molar-refractivity contribution in [3.05, 3.63) is 0 Å². The second-order valence-electron chi connectivity index (χ2n) is 2.25. The minimum absolute atomic E-state index is 0.294. The average molecular weight is 160 g/mol. The molecule has 0 aromatic rings. The van der Waals surface area contributed by atoms with E-state index in [4.69, 9.17) is 5.73 Å². The van der Waals surface area contributed by atoms with E-state index < -0.39 is 0 Å². The number of ether oxygens (including phenoxy) is 1. The van der Waals surface area contributed by atoms with Gasteiger partial charge >= 0.3 is 6.09 Å². The molecule has 66 valence electrons. The highest BCUT2D eigenvalue weighted by Gasteiger charge is 2.09. The van der Waals surface area contributed by atoms with Crippen LogP contribution in [0.25, 0.3) is 0 Å². The monoisotopic (exact) mass is 160 g/mol. The lowest BCUT2D eigenvalue weighted by atomic mass is 10.4. The van der Waals surface area contributed by atoms with Gasteiger partial charge in [-0.1, -0.05) is 6.92 Å². The summed E-state index contributed by atoms with van der Waals surface area (Å²) in [6.45, 7) is 3.77. The van der Waals surface area contributed by atoms with Crippen molar-refractivity contribution in [3.63, 3.8) is 0 Å². The highest BCUT2D eigenvalue weighted by molar-refractivity contribution is 5.67. The summed E-state index contributed by atoms with van der Waals surface area (Å²) in [5.41, 5.74) is 5.30. The Morgan fingerprint density at radius 1 is 1.55 bits per heavy atom. The van der Waals surface area contributed by atoms with Crippen LogP contribution in [-0.4, -0.2) is 37.7 Å². The Labute approximate surface area is 67.3 Å². The molecule has 0 aromatic carbocycles. The molecule has 0 saturated carbocycles. The van der Waals surface area contributed by atoms with E-state index in [1.807, 2.05) is 6.92 Å². The number of amides is 1. The lowest BCUT2D eigenvalue weighted by molar-refractivity contribution is 0.125. The van der Waals surface area contributed by atoms with Gasteiger partial charge in [-0.25, -0.2) is 4.79 Å². The molecule has 0 aliphatic carbocycles. The van der Waals surface area contributed by atoms with Gasteiger partial charge in [0.2, 0.25) is 0 Å². The van der Waals surface area contributed by atoms with Gasteiger partial charge in [0.25, 0.3) is 0 Å². The second-order valence-corrected chi connectivity index (χ2v) is 2.25. The van der Waals surface area contributed by atoms with E-state index in [1.165, 1.54) is 7.11 Å². The minimum atomic E-state index is -0.294. The van der Waals surface area contributed by atoms with E-state index in [9.17, 15) is 4.79 Å². The SMILES string of the molecule is CCCN(CCN)C(=O)OC. The summed E-state index contributed by atoms with van der Waals surface area (Å²) in [4.78, 5) is 12.5. The fourth-order valence-corrected chi connectivity index (χ4v) is 0.849. The Morgan fingerprint density at radius 2 is 2.18 bits per heavy atom. The van der Waals surface area contributed by atoms with Gasteiger partial charge in [-0.15, -0.1) is 0 Å². The van der Waals surface area contributed by atoms with Crippen molar-refractivity contribution in [3.8, 4) is 0 Å². The first-order valence-corrected chi connectivity index (χ1v) is 3.79. The standard InChI is InChI=1S/C7H16N2O2/c1-3-5-9(6-4-8)7(10)11-2/h3-6,8H2,1-2H3. The molecule has 0 aromatic heterocycles. The Hall–Kier alpha value is -0.770. The topological polar surface area (TPSA) is 55.6 Å². The fourth-order valence-electron chi connectivity index (χ4n) is 0.849. The minimum Gasteiger partial charge on any atom is -0.453 e. The molecule has 1 amide bonds. The molecule has 0 bridgehead atoms. The highest BCUT2D eigenvalue weighted by Crippen LogP contribution is 1.93. The molecule has 0 fully saturated rings. The average Bonchev–Trinajstić information content (AvgIpc) is 2.03. The van der Waals surface area contributed by atoms with Crippen LogP contribution in [0, 0.1) is 0 Å². The maximum atomic E-state index is 10.9. The fraction of sp³-hybridized carbons (Fsp3) is 0.857. The van der Waals surface area contributed by atoms with E-state index in [0.29, 0.717) is 19.6 Å². The van der Waals surface area contributed by atoms with Crippen LogP contribution in [0.1, 0.15) is 13.3 Å². The number of rotatable bonds is 4. The van der Waals surface area contributed by atoms with Crippen LogP contribution in [0.4, 0.5) is 4.79 Å². The zero-order chi connectivity index (χ0) is 8.69. The highest BCUT2D eigenvalue weighted by atomic mass is 16.5. The molecule has 0 rings (SSSR count). The maximum absolute atomic E-state index is 10.9. The van der Waals surface area contributed by atoms with Crippen LogP contribution in [0.5, 0.6) is 0 Å². The van der Waals surface area contributed by atoms with E-state index in [2.05, 4.69) is 4.74 Å². The van der Waals surface area contributed by atoms with E-state index >= 15 is 0 Å². The van der Waals surface area contributed by atoms with Crippen LogP contribution in [0.2, 0.25) is 0 Å². The lowest BCUT2D eigenvalue weighted by Crippen LogP contribution is -2.35. The predicted molar refractivity (Wildman–Crippen MR) is 43.3 cm³/mol. The molecular weight excluding hydrogens is 144 g/mol. The third kappa shape index (κ3) is 3.83. The number of nitrogens with two attached hydrogens (primary N) is 1. The molecular formula is C7H16N2O2. The molecule has 4 nitrogen and oxygen atoms in total. The van der Waals surface area contributed by atoms with Gasteiger partial charge in [0.15, 0.2) is 0 Å². The Bertz CT molecular complexity index is 111. The summed E-state index contributed by atoms with van der Waals surface area (Å²) in [5, 5.41) is 0. The van der Waals surface area contributed by atoms with Crippen LogP contribution >= 0.6 is 0 Å². The van der Waals surface area contributed by atoms with Gasteiger partial charge in [0, 0.05) is 19.6 Å². The number of methoxy groups -OCH3 is 1. The van der Waals surface area contributed by atoms with Gasteiger partial charge in [0.05, 0.1) is 7.11 Å². The van der Waals surface area contributed by atoms with Gasteiger partial charge < -0.3 is 15.4 Å². The normalized spacial score (nSPS) is 9.36. The Morgan fingerprint density at radius 3 is 2.55 bits per heavy atom. The lowest BCUT2D eigenvalue weighted by Gasteiger charge is -2.18. The first-order chi connectivity index (χ1) is 5.26. The molecule has 0 saturated heterocycles. The maximum Gasteiger partial charge on any atom is 0.409 e.